The summed E-state index contributed by atoms with van der Waals surface area (Å²) in [6.07, 6.45) is 2.22. The lowest BCUT2D eigenvalue weighted by molar-refractivity contribution is 0.307. The summed E-state index contributed by atoms with van der Waals surface area (Å²) in [5.74, 6) is 0.913. The maximum absolute atomic E-state index is 6.09. The van der Waals surface area contributed by atoms with Gasteiger partial charge < -0.3 is 15.4 Å². The molecule has 1 aliphatic heterocycles. The predicted octanol–water partition coefficient (Wildman–Crippen LogP) is 3.10. The van der Waals surface area contributed by atoms with Crippen molar-refractivity contribution in [1.82, 2.24) is 0 Å². The van der Waals surface area contributed by atoms with Gasteiger partial charge in [0.05, 0.1) is 12.2 Å². The topological polar surface area (TPSA) is 38.5 Å². The van der Waals surface area contributed by atoms with Gasteiger partial charge in [0.2, 0.25) is 0 Å². The molecule has 2 N–H and O–H groups in total. The van der Waals surface area contributed by atoms with Crippen LogP contribution >= 0.6 is 0 Å². The van der Waals surface area contributed by atoms with Crippen LogP contribution in [-0.2, 0) is 6.42 Å². The van der Waals surface area contributed by atoms with Gasteiger partial charge in [-0.15, -0.1) is 0 Å². The summed E-state index contributed by atoms with van der Waals surface area (Å²) < 4.78 is 5.68. The van der Waals surface area contributed by atoms with E-state index in [9.17, 15) is 0 Å². The Morgan fingerprint density at radius 3 is 2.75 bits per heavy atom. The number of aryl methyl sites for hydroxylation is 1. The van der Waals surface area contributed by atoms with Gasteiger partial charge in [-0.05, 0) is 30.5 Å². The second-order valence-electron chi connectivity index (χ2n) is 5.12. The highest BCUT2D eigenvalue weighted by Crippen LogP contribution is 2.36. The number of fused-ring (bicyclic) bond motifs is 1. The number of ether oxygens (including phenoxy) is 1. The minimum atomic E-state index is 0.738. The van der Waals surface area contributed by atoms with Crippen LogP contribution in [0.15, 0.2) is 48.5 Å². The lowest BCUT2D eigenvalue weighted by Crippen LogP contribution is -2.34. The van der Waals surface area contributed by atoms with Crippen molar-refractivity contribution in [3.63, 3.8) is 0 Å². The number of benzene rings is 2. The quantitative estimate of drug-likeness (QED) is 0.866. The van der Waals surface area contributed by atoms with E-state index in [-0.39, 0.29) is 0 Å². The smallest absolute Gasteiger partial charge is 0.144 e. The predicted molar refractivity (Wildman–Crippen MR) is 83.3 cm³/mol. The summed E-state index contributed by atoms with van der Waals surface area (Å²) in [5.41, 5.74) is 9.35. The maximum Gasteiger partial charge on any atom is 0.144 e. The largest absolute Gasteiger partial charge is 0.489 e. The Hall–Kier alpha value is -2.16. The molecule has 104 valence electrons. The molecule has 3 nitrogen and oxygen atoms in total. The fourth-order valence-electron chi connectivity index (χ4n) is 2.71. The van der Waals surface area contributed by atoms with Gasteiger partial charge >= 0.3 is 0 Å². The summed E-state index contributed by atoms with van der Waals surface area (Å²) in [4.78, 5) is 2.34. The number of hydrogen-bond acceptors (Lipinski definition) is 3. The Labute approximate surface area is 120 Å². The van der Waals surface area contributed by atoms with Crippen LogP contribution in [0.25, 0.3) is 0 Å². The number of hydrogen-bond donors (Lipinski definition) is 1. The van der Waals surface area contributed by atoms with Crippen LogP contribution in [0.3, 0.4) is 0 Å². The highest BCUT2D eigenvalue weighted by atomic mass is 16.5. The number of rotatable bonds is 4. The highest BCUT2D eigenvalue weighted by molar-refractivity contribution is 5.75. The van der Waals surface area contributed by atoms with Crippen molar-refractivity contribution in [2.24, 2.45) is 0 Å². The summed E-state index contributed by atoms with van der Waals surface area (Å²) in [6.45, 7) is 2.66. The molecule has 0 radical (unpaired) electrons. The van der Waals surface area contributed by atoms with Crippen molar-refractivity contribution < 1.29 is 4.74 Å². The first-order valence-electron chi connectivity index (χ1n) is 7.15. The van der Waals surface area contributed by atoms with Crippen LogP contribution in [0.1, 0.15) is 12.0 Å². The molecule has 0 saturated carbocycles. The third-order valence-corrected chi connectivity index (χ3v) is 3.70. The molecule has 0 fully saturated rings. The third-order valence-electron chi connectivity index (χ3n) is 3.70. The van der Waals surface area contributed by atoms with Gasteiger partial charge in [-0.3, -0.25) is 0 Å². The summed E-state index contributed by atoms with van der Waals surface area (Å²) in [7, 11) is 0. The molecule has 1 heterocycles. The number of para-hydroxylation sites is 1. The minimum absolute atomic E-state index is 0.738. The molecule has 0 saturated heterocycles. The molecule has 1 aliphatic rings. The standard InChI is InChI=1S/C17H20N2O/c18-15-9-4-10-16-17(15)19(12-13-20-16)11-5-8-14-6-2-1-3-7-14/h1-4,6-7,9-10H,5,8,11-13,18H2. The van der Waals surface area contributed by atoms with Gasteiger partial charge in [-0.25, -0.2) is 0 Å². The summed E-state index contributed by atoms with van der Waals surface area (Å²) in [5, 5.41) is 0. The van der Waals surface area contributed by atoms with Crippen LogP contribution in [0.2, 0.25) is 0 Å². The third kappa shape index (κ3) is 2.72. The highest BCUT2D eigenvalue weighted by Gasteiger charge is 2.19. The van der Waals surface area contributed by atoms with Gasteiger partial charge in [-0.2, -0.15) is 0 Å². The van der Waals surface area contributed by atoms with E-state index in [4.69, 9.17) is 10.5 Å². The van der Waals surface area contributed by atoms with Crippen molar-refractivity contribution in [2.75, 3.05) is 30.3 Å². The van der Waals surface area contributed by atoms with Crippen molar-refractivity contribution >= 4 is 11.4 Å². The molecule has 3 rings (SSSR count). The molecule has 0 unspecified atom stereocenters. The Morgan fingerprint density at radius 2 is 1.90 bits per heavy atom. The van der Waals surface area contributed by atoms with Crippen molar-refractivity contribution in [3.8, 4) is 5.75 Å². The maximum atomic E-state index is 6.09. The Morgan fingerprint density at radius 1 is 1.05 bits per heavy atom. The number of nitrogens with two attached hydrogens (primary N) is 1. The zero-order chi connectivity index (χ0) is 13.8. The van der Waals surface area contributed by atoms with E-state index in [0.29, 0.717) is 0 Å². The van der Waals surface area contributed by atoms with E-state index in [2.05, 4.69) is 35.2 Å². The summed E-state index contributed by atoms with van der Waals surface area (Å²) >= 11 is 0. The molecule has 0 atom stereocenters. The molecule has 0 amide bonds. The number of nitrogens with zero attached hydrogens (tertiary/aromatic N) is 1. The van der Waals surface area contributed by atoms with Crippen molar-refractivity contribution in [2.45, 2.75) is 12.8 Å². The summed E-state index contributed by atoms with van der Waals surface area (Å²) in [6, 6.07) is 16.5. The molecular weight excluding hydrogens is 248 g/mol. The lowest BCUT2D eigenvalue weighted by Gasteiger charge is -2.32. The SMILES string of the molecule is Nc1cccc2c1N(CCCc1ccccc1)CCO2. The second-order valence-corrected chi connectivity index (χ2v) is 5.12. The van der Waals surface area contributed by atoms with Crippen LogP contribution in [0.4, 0.5) is 11.4 Å². The molecule has 0 bridgehead atoms. The molecule has 20 heavy (non-hydrogen) atoms. The van der Waals surface area contributed by atoms with Gasteiger partial charge in [0.25, 0.3) is 0 Å². The fourth-order valence-corrected chi connectivity index (χ4v) is 2.71. The van der Waals surface area contributed by atoms with Crippen LogP contribution in [0, 0.1) is 0 Å². The average Bonchev–Trinajstić information content (AvgIpc) is 2.49. The molecule has 0 aromatic heterocycles. The second kappa shape index (κ2) is 5.87. The van der Waals surface area contributed by atoms with Crippen molar-refractivity contribution in [3.05, 3.63) is 54.1 Å². The Kier molecular flexibility index (Phi) is 3.77. The van der Waals surface area contributed by atoms with Gasteiger partial charge in [0.1, 0.15) is 18.0 Å². The van der Waals surface area contributed by atoms with Gasteiger partial charge in [0, 0.05) is 6.54 Å². The van der Waals surface area contributed by atoms with Gasteiger partial charge in [0.15, 0.2) is 0 Å². The average molecular weight is 268 g/mol. The molecule has 2 aromatic carbocycles. The fraction of sp³-hybridized carbons (Fsp3) is 0.294. The van der Waals surface area contributed by atoms with E-state index >= 15 is 0 Å². The first-order valence-corrected chi connectivity index (χ1v) is 7.15. The molecule has 0 spiro atoms. The number of anilines is 2. The minimum Gasteiger partial charge on any atom is -0.489 e. The lowest BCUT2D eigenvalue weighted by atomic mass is 10.1. The molecular formula is C17H20N2O. The zero-order valence-electron chi connectivity index (χ0n) is 11.6. The van der Waals surface area contributed by atoms with Crippen LogP contribution in [0.5, 0.6) is 5.75 Å². The zero-order valence-corrected chi connectivity index (χ0v) is 11.6. The number of nitrogen functional groups attached to an aromatic ring is 1. The first-order chi connectivity index (χ1) is 9.84. The normalized spacial score (nSPS) is 13.7. The van der Waals surface area contributed by atoms with Crippen LogP contribution < -0.4 is 15.4 Å². The van der Waals surface area contributed by atoms with E-state index in [0.717, 1.165) is 49.7 Å². The Bertz CT molecular complexity index is 568. The van der Waals surface area contributed by atoms with E-state index < -0.39 is 0 Å². The molecule has 0 aliphatic carbocycles. The van der Waals surface area contributed by atoms with E-state index in [1.54, 1.807) is 0 Å². The van der Waals surface area contributed by atoms with Gasteiger partial charge in [-0.1, -0.05) is 36.4 Å². The van der Waals surface area contributed by atoms with E-state index in [1.165, 1.54) is 5.56 Å². The van der Waals surface area contributed by atoms with E-state index in [1.807, 2.05) is 18.2 Å². The monoisotopic (exact) mass is 268 g/mol. The van der Waals surface area contributed by atoms with Crippen molar-refractivity contribution in [1.29, 1.82) is 0 Å². The molecule has 3 heteroatoms. The Balaban J connectivity index is 1.65. The van der Waals surface area contributed by atoms with Crippen LogP contribution in [-0.4, -0.2) is 19.7 Å². The molecule has 2 aromatic rings. The first kappa shape index (κ1) is 12.9.